The molecule has 0 unspecified atom stereocenters. The zero-order valence-electron chi connectivity index (χ0n) is 7.02. The number of benzene rings is 1. The summed E-state index contributed by atoms with van der Waals surface area (Å²) in [6.45, 7) is 0. The zero-order valence-corrected chi connectivity index (χ0v) is 7.84. The number of nitrogens with zero attached hydrogens (tertiary/aromatic N) is 1. The van der Waals surface area contributed by atoms with Crippen LogP contribution in [-0.2, 0) is 0 Å². The van der Waals surface area contributed by atoms with E-state index in [-0.39, 0.29) is 5.56 Å². The van der Waals surface area contributed by atoms with Crippen LogP contribution in [0.15, 0.2) is 18.2 Å². The molecule has 0 spiro atoms. The Morgan fingerprint density at radius 1 is 1.57 bits per heavy atom. The molecule has 1 heterocycles. The third-order valence-electron chi connectivity index (χ3n) is 1.77. The van der Waals surface area contributed by atoms with E-state index in [4.69, 9.17) is 10.9 Å². The molecule has 72 valence electrons. The maximum absolute atomic E-state index is 10.8. The molecule has 4 N–H and O–H groups in total. The highest BCUT2D eigenvalue weighted by Crippen LogP contribution is 2.28. The molecule has 0 atom stereocenters. The maximum Gasteiger partial charge on any atom is 0.337 e. The normalized spacial score (nSPS) is 10.4. The van der Waals surface area contributed by atoms with Crippen LogP contribution < -0.4 is 11.3 Å². The Morgan fingerprint density at radius 3 is 3.00 bits per heavy atom. The number of hydrazine groups is 1. The van der Waals surface area contributed by atoms with Crippen LogP contribution in [0.4, 0.5) is 5.13 Å². The number of carboxylic acid groups (broad SMARTS) is 1. The highest BCUT2D eigenvalue weighted by Gasteiger charge is 2.11. The fraction of sp³-hybridized carbons (Fsp3) is 0. The molecule has 0 amide bonds. The lowest BCUT2D eigenvalue weighted by Gasteiger charge is -1.93. The number of fused-ring (bicyclic) bond motifs is 1. The van der Waals surface area contributed by atoms with Gasteiger partial charge in [-0.25, -0.2) is 15.6 Å². The Bertz CT molecular complexity index is 494. The Kier molecular flexibility index (Phi) is 2.06. The van der Waals surface area contributed by atoms with Crippen molar-refractivity contribution in [2.75, 3.05) is 5.43 Å². The van der Waals surface area contributed by atoms with Gasteiger partial charge in [0, 0.05) is 0 Å². The number of nitrogens with two attached hydrogens (primary N) is 1. The third kappa shape index (κ3) is 1.30. The highest BCUT2D eigenvalue weighted by molar-refractivity contribution is 7.22. The Morgan fingerprint density at radius 2 is 2.36 bits per heavy atom. The van der Waals surface area contributed by atoms with E-state index >= 15 is 0 Å². The van der Waals surface area contributed by atoms with Gasteiger partial charge in [0.05, 0.1) is 15.8 Å². The largest absolute Gasteiger partial charge is 0.478 e. The van der Waals surface area contributed by atoms with Crippen molar-refractivity contribution in [3.8, 4) is 0 Å². The molecule has 0 fully saturated rings. The minimum absolute atomic E-state index is 0.251. The number of aromatic carboxylic acids is 1. The third-order valence-corrected chi connectivity index (χ3v) is 2.80. The molecule has 0 radical (unpaired) electrons. The van der Waals surface area contributed by atoms with Crippen LogP contribution in [-0.4, -0.2) is 16.1 Å². The first kappa shape index (κ1) is 8.92. The minimum atomic E-state index is -0.956. The van der Waals surface area contributed by atoms with Crippen molar-refractivity contribution in [2.24, 2.45) is 5.84 Å². The van der Waals surface area contributed by atoms with Gasteiger partial charge >= 0.3 is 5.97 Å². The lowest BCUT2D eigenvalue weighted by molar-refractivity contribution is 0.0699. The molecule has 14 heavy (non-hydrogen) atoms. The van der Waals surface area contributed by atoms with Crippen LogP contribution in [0.3, 0.4) is 0 Å². The summed E-state index contributed by atoms with van der Waals surface area (Å²) in [5.74, 6) is 4.23. The first-order valence-electron chi connectivity index (χ1n) is 3.82. The summed E-state index contributed by atoms with van der Waals surface area (Å²) < 4.78 is 0.632. The van der Waals surface area contributed by atoms with Crippen molar-refractivity contribution in [3.63, 3.8) is 0 Å². The van der Waals surface area contributed by atoms with Crippen LogP contribution in [0.5, 0.6) is 0 Å². The van der Waals surface area contributed by atoms with Crippen LogP contribution in [0.1, 0.15) is 10.4 Å². The van der Waals surface area contributed by atoms with Gasteiger partial charge in [-0.15, -0.1) is 0 Å². The smallest absolute Gasteiger partial charge is 0.337 e. The summed E-state index contributed by atoms with van der Waals surface area (Å²) in [7, 11) is 0. The number of nitrogen functional groups attached to an aromatic ring is 1. The second-order valence-electron chi connectivity index (χ2n) is 2.62. The van der Waals surface area contributed by atoms with Gasteiger partial charge in [-0.3, -0.25) is 5.43 Å². The molecular weight excluding hydrogens is 202 g/mol. The molecule has 0 aliphatic rings. The van der Waals surface area contributed by atoms with E-state index < -0.39 is 5.97 Å². The molecule has 5 nitrogen and oxygen atoms in total. The number of carboxylic acids is 1. The van der Waals surface area contributed by atoms with Crippen molar-refractivity contribution < 1.29 is 9.90 Å². The van der Waals surface area contributed by atoms with Crippen LogP contribution >= 0.6 is 11.3 Å². The van der Waals surface area contributed by atoms with E-state index in [1.807, 2.05) is 0 Å². The van der Waals surface area contributed by atoms with E-state index in [1.165, 1.54) is 11.3 Å². The van der Waals surface area contributed by atoms with Crippen molar-refractivity contribution in [2.45, 2.75) is 0 Å². The van der Waals surface area contributed by atoms with E-state index in [1.54, 1.807) is 18.2 Å². The molecule has 0 saturated heterocycles. The summed E-state index contributed by atoms with van der Waals surface area (Å²) >= 11 is 1.22. The second kappa shape index (κ2) is 3.24. The van der Waals surface area contributed by atoms with Crippen LogP contribution in [0, 0.1) is 0 Å². The first-order valence-corrected chi connectivity index (χ1v) is 4.63. The fourth-order valence-corrected chi connectivity index (χ4v) is 2.06. The van der Waals surface area contributed by atoms with Gasteiger partial charge in [0.15, 0.2) is 5.13 Å². The zero-order chi connectivity index (χ0) is 10.1. The van der Waals surface area contributed by atoms with Gasteiger partial charge in [0.25, 0.3) is 0 Å². The second-order valence-corrected chi connectivity index (χ2v) is 3.62. The summed E-state index contributed by atoms with van der Waals surface area (Å²) in [6, 6.07) is 4.95. The molecule has 2 aromatic rings. The van der Waals surface area contributed by atoms with Gasteiger partial charge < -0.3 is 5.11 Å². The molecule has 0 aliphatic carbocycles. The minimum Gasteiger partial charge on any atom is -0.478 e. The number of aromatic nitrogens is 1. The number of thiazole rings is 1. The topological polar surface area (TPSA) is 88.2 Å². The molecule has 0 saturated carbocycles. The number of nitrogens with one attached hydrogen (secondary N) is 1. The van der Waals surface area contributed by atoms with Gasteiger partial charge in [-0.1, -0.05) is 17.4 Å². The van der Waals surface area contributed by atoms with E-state index in [9.17, 15) is 4.79 Å². The first-order chi connectivity index (χ1) is 6.72. The van der Waals surface area contributed by atoms with Crippen molar-refractivity contribution in [3.05, 3.63) is 23.8 Å². The average Bonchev–Trinajstić information content (AvgIpc) is 2.59. The van der Waals surface area contributed by atoms with Crippen molar-refractivity contribution in [1.29, 1.82) is 0 Å². The quantitative estimate of drug-likeness (QED) is 0.512. The SMILES string of the molecule is NNc1nc2cccc(C(=O)O)c2s1. The molecule has 0 bridgehead atoms. The summed E-state index contributed by atoms with van der Waals surface area (Å²) in [5.41, 5.74) is 3.29. The standard InChI is InChI=1S/C8H7N3O2S/c9-11-8-10-5-3-1-2-4(7(12)13)6(5)14-8/h1-3H,9H2,(H,10,11)(H,12,13). The lowest BCUT2D eigenvalue weighted by Crippen LogP contribution is -2.05. The highest BCUT2D eigenvalue weighted by atomic mass is 32.1. The van der Waals surface area contributed by atoms with E-state index in [0.717, 1.165) is 0 Å². The lowest BCUT2D eigenvalue weighted by atomic mass is 10.2. The van der Waals surface area contributed by atoms with Crippen molar-refractivity contribution >= 4 is 32.7 Å². The van der Waals surface area contributed by atoms with E-state index in [2.05, 4.69) is 10.4 Å². The molecule has 2 rings (SSSR count). The van der Waals surface area contributed by atoms with Gasteiger partial charge in [0.2, 0.25) is 0 Å². The number of hydrogen-bond donors (Lipinski definition) is 3. The number of hydrogen-bond acceptors (Lipinski definition) is 5. The summed E-state index contributed by atoms with van der Waals surface area (Å²) in [4.78, 5) is 14.9. The molecule has 1 aromatic carbocycles. The number of rotatable bonds is 2. The predicted octanol–water partition coefficient (Wildman–Crippen LogP) is 1.28. The molecular formula is C8H7N3O2S. The Balaban J connectivity index is 2.73. The summed E-state index contributed by atoms with van der Waals surface area (Å²) in [5, 5.41) is 9.40. The summed E-state index contributed by atoms with van der Waals surface area (Å²) in [6.07, 6.45) is 0. The van der Waals surface area contributed by atoms with Crippen molar-refractivity contribution in [1.82, 2.24) is 4.98 Å². The molecule has 0 aliphatic heterocycles. The fourth-order valence-electron chi connectivity index (χ4n) is 1.18. The average molecular weight is 209 g/mol. The Hall–Kier alpha value is -1.66. The van der Waals surface area contributed by atoms with Crippen LogP contribution in [0.2, 0.25) is 0 Å². The van der Waals surface area contributed by atoms with Gasteiger partial charge in [0.1, 0.15) is 0 Å². The number of anilines is 1. The Labute approximate surface area is 83.2 Å². The molecule has 1 aromatic heterocycles. The maximum atomic E-state index is 10.8. The van der Waals surface area contributed by atoms with E-state index in [0.29, 0.717) is 15.3 Å². The predicted molar refractivity (Wildman–Crippen MR) is 54.4 cm³/mol. The van der Waals surface area contributed by atoms with Gasteiger partial charge in [-0.2, -0.15) is 0 Å². The number of carbonyl (C=O) groups is 1. The molecule has 6 heteroatoms. The van der Waals surface area contributed by atoms with Gasteiger partial charge in [-0.05, 0) is 12.1 Å². The van der Waals surface area contributed by atoms with Crippen LogP contribution in [0.25, 0.3) is 10.2 Å². The monoisotopic (exact) mass is 209 g/mol.